The van der Waals surface area contributed by atoms with Gasteiger partial charge in [-0.1, -0.05) is 19.6 Å². The third kappa shape index (κ3) is 5.94. The summed E-state index contributed by atoms with van der Waals surface area (Å²) in [5.41, 5.74) is 2.16. The Labute approximate surface area is 217 Å². The SMILES string of the molecule is COc1ncnc(OC2CC2)c1-c1cn(COCC[Si](C)(C)C)c2nc(NC(=O)[C@H]3C[C@@H]3CO)ccc12. The molecule has 2 fully saturated rings. The van der Waals surface area contributed by atoms with E-state index >= 15 is 0 Å². The molecular weight excluding hydrogens is 490 g/mol. The average molecular weight is 526 g/mol. The molecule has 3 aromatic heterocycles. The van der Waals surface area contributed by atoms with E-state index in [4.69, 9.17) is 19.2 Å². The number of rotatable bonds is 12. The normalized spacial score (nSPS) is 19.2. The zero-order chi connectivity index (χ0) is 26.2. The molecule has 10 nitrogen and oxygen atoms in total. The molecule has 2 saturated carbocycles. The Bertz CT molecular complexity index is 1290. The van der Waals surface area contributed by atoms with Gasteiger partial charge in [-0.2, -0.15) is 0 Å². The van der Waals surface area contributed by atoms with Gasteiger partial charge in [0, 0.05) is 44.4 Å². The molecule has 2 atom stereocenters. The lowest BCUT2D eigenvalue weighted by Crippen LogP contribution is -2.22. The van der Waals surface area contributed by atoms with Crippen molar-refractivity contribution in [2.24, 2.45) is 11.8 Å². The van der Waals surface area contributed by atoms with E-state index in [1.807, 2.05) is 16.8 Å². The number of hydrogen-bond acceptors (Lipinski definition) is 8. The van der Waals surface area contributed by atoms with Gasteiger partial charge in [0.1, 0.15) is 36.2 Å². The molecule has 2 aliphatic rings. The molecule has 5 rings (SSSR count). The summed E-state index contributed by atoms with van der Waals surface area (Å²) in [6, 6.07) is 4.77. The number of pyridine rings is 1. The minimum Gasteiger partial charge on any atom is -0.480 e. The first-order valence-corrected chi connectivity index (χ1v) is 16.5. The summed E-state index contributed by atoms with van der Waals surface area (Å²) in [4.78, 5) is 26.1. The lowest BCUT2D eigenvalue weighted by molar-refractivity contribution is -0.117. The van der Waals surface area contributed by atoms with Crippen LogP contribution in [0.5, 0.6) is 11.8 Å². The maximum Gasteiger partial charge on any atom is 0.229 e. The molecule has 0 unspecified atom stereocenters. The number of hydrogen-bond donors (Lipinski definition) is 2. The Hall–Kier alpha value is -3.02. The number of aliphatic hydroxyl groups excluding tert-OH is 1. The molecule has 0 spiro atoms. The summed E-state index contributed by atoms with van der Waals surface area (Å²) in [5.74, 6) is 1.12. The first kappa shape index (κ1) is 25.6. The van der Waals surface area contributed by atoms with Gasteiger partial charge < -0.3 is 29.2 Å². The van der Waals surface area contributed by atoms with Crippen molar-refractivity contribution in [3.05, 3.63) is 24.7 Å². The second-order valence-electron chi connectivity index (χ2n) is 11.1. The fourth-order valence-electron chi connectivity index (χ4n) is 4.23. The van der Waals surface area contributed by atoms with E-state index in [1.165, 1.54) is 6.33 Å². The van der Waals surface area contributed by atoms with Gasteiger partial charge in [0.25, 0.3) is 0 Å². The molecule has 2 N–H and O–H groups in total. The molecular formula is C26H35N5O5Si. The second kappa shape index (κ2) is 10.4. The zero-order valence-electron chi connectivity index (χ0n) is 21.9. The maximum atomic E-state index is 12.6. The summed E-state index contributed by atoms with van der Waals surface area (Å²) >= 11 is 0. The molecule has 0 saturated heterocycles. The lowest BCUT2D eigenvalue weighted by atomic mass is 10.1. The van der Waals surface area contributed by atoms with E-state index in [0.29, 0.717) is 48.5 Å². The number of carbonyl (C=O) groups is 1. The zero-order valence-corrected chi connectivity index (χ0v) is 22.9. The van der Waals surface area contributed by atoms with Gasteiger partial charge in [0.2, 0.25) is 17.7 Å². The van der Waals surface area contributed by atoms with Gasteiger partial charge in [-0.3, -0.25) is 4.79 Å². The summed E-state index contributed by atoms with van der Waals surface area (Å²) in [5, 5.41) is 13.1. The smallest absolute Gasteiger partial charge is 0.229 e. The van der Waals surface area contributed by atoms with Crippen molar-refractivity contribution in [2.75, 3.05) is 25.6 Å². The van der Waals surface area contributed by atoms with Crippen LogP contribution in [0.4, 0.5) is 5.82 Å². The number of aromatic nitrogens is 4. The predicted octanol–water partition coefficient (Wildman–Crippen LogP) is 3.92. The van der Waals surface area contributed by atoms with Crippen molar-refractivity contribution in [3.63, 3.8) is 0 Å². The average Bonchev–Trinajstić information content (AvgIpc) is 3.79. The molecule has 0 aliphatic heterocycles. The van der Waals surface area contributed by atoms with Gasteiger partial charge in [0.05, 0.1) is 7.11 Å². The molecule has 3 aromatic rings. The van der Waals surface area contributed by atoms with Crippen molar-refractivity contribution >= 4 is 30.8 Å². The van der Waals surface area contributed by atoms with Crippen LogP contribution in [0.3, 0.4) is 0 Å². The summed E-state index contributed by atoms with van der Waals surface area (Å²) in [7, 11) is 0.346. The number of nitrogens with one attached hydrogen (secondary N) is 1. The molecule has 0 aromatic carbocycles. The molecule has 1 amide bonds. The van der Waals surface area contributed by atoms with Crippen LogP contribution < -0.4 is 14.8 Å². The first-order valence-electron chi connectivity index (χ1n) is 12.8. The number of anilines is 1. The summed E-state index contributed by atoms with van der Waals surface area (Å²) in [6.45, 7) is 7.97. The number of carbonyl (C=O) groups excluding carboxylic acids is 1. The standard InChI is InChI=1S/C26H35N5O5Si/c1-34-25-22(26(28-14-27-25)36-17-5-6-17)20-12-31(15-35-9-10-37(2,3)4)23-18(20)7-8-21(29-23)30-24(33)19-11-16(19)13-32/h7-8,12,14,16-17,19,32H,5-6,9-11,13,15H2,1-4H3,(H,29,30,33)/t16-,19+/m1/s1. The molecule has 2 aliphatic carbocycles. The highest BCUT2D eigenvalue weighted by molar-refractivity contribution is 6.76. The van der Waals surface area contributed by atoms with Crippen LogP contribution in [0.1, 0.15) is 19.3 Å². The van der Waals surface area contributed by atoms with E-state index in [0.717, 1.165) is 29.8 Å². The Morgan fingerprint density at radius 2 is 2.00 bits per heavy atom. The first-order chi connectivity index (χ1) is 17.8. The Balaban J connectivity index is 1.50. The summed E-state index contributed by atoms with van der Waals surface area (Å²) in [6.07, 6.45) is 6.27. The van der Waals surface area contributed by atoms with Crippen molar-refractivity contribution < 1.29 is 24.1 Å². The molecule has 37 heavy (non-hydrogen) atoms. The Morgan fingerprint density at radius 3 is 2.68 bits per heavy atom. The summed E-state index contributed by atoms with van der Waals surface area (Å²) < 4.78 is 19.7. The third-order valence-electron chi connectivity index (χ3n) is 6.74. The predicted molar refractivity (Wildman–Crippen MR) is 142 cm³/mol. The Kier molecular flexibility index (Phi) is 7.19. The van der Waals surface area contributed by atoms with Crippen molar-refractivity contribution in [1.82, 2.24) is 19.5 Å². The van der Waals surface area contributed by atoms with Crippen LogP contribution in [0.25, 0.3) is 22.2 Å². The van der Waals surface area contributed by atoms with Crippen LogP contribution in [-0.2, 0) is 16.3 Å². The Morgan fingerprint density at radius 1 is 1.22 bits per heavy atom. The van der Waals surface area contributed by atoms with Gasteiger partial charge in [0.15, 0.2) is 0 Å². The van der Waals surface area contributed by atoms with Crippen molar-refractivity contribution in [1.29, 1.82) is 0 Å². The number of ether oxygens (including phenoxy) is 3. The monoisotopic (exact) mass is 525 g/mol. The topological polar surface area (TPSA) is 121 Å². The third-order valence-corrected chi connectivity index (χ3v) is 8.44. The highest BCUT2D eigenvalue weighted by atomic mass is 28.3. The number of aliphatic hydroxyl groups is 1. The maximum absolute atomic E-state index is 12.6. The quantitative estimate of drug-likeness (QED) is 0.270. The molecule has 11 heteroatoms. The van der Waals surface area contributed by atoms with Crippen molar-refractivity contribution in [3.8, 4) is 22.9 Å². The molecule has 0 bridgehead atoms. The fraction of sp³-hybridized carbons (Fsp3) is 0.538. The number of nitrogens with zero attached hydrogens (tertiary/aromatic N) is 4. The van der Waals surface area contributed by atoms with Gasteiger partial charge >= 0.3 is 0 Å². The van der Waals surface area contributed by atoms with Gasteiger partial charge in [-0.25, -0.2) is 15.0 Å². The molecule has 3 heterocycles. The van der Waals surface area contributed by atoms with Crippen LogP contribution in [0.2, 0.25) is 25.7 Å². The van der Waals surface area contributed by atoms with E-state index < -0.39 is 8.07 Å². The highest BCUT2D eigenvalue weighted by Gasteiger charge is 2.42. The number of fused-ring (bicyclic) bond motifs is 1. The number of amides is 1. The van der Waals surface area contributed by atoms with Crippen LogP contribution in [-0.4, -0.2) is 65.0 Å². The minimum absolute atomic E-state index is 0.0256. The molecule has 198 valence electrons. The van der Waals surface area contributed by atoms with Crippen LogP contribution in [0.15, 0.2) is 24.7 Å². The van der Waals surface area contributed by atoms with Gasteiger partial charge in [-0.05, 0) is 43.4 Å². The van der Waals surface area contributed by atoms with E-state index in [2.05, 4.69) is 34.9 Å². The minimum atomic E-state index is -1.23. The number of methoxy groups -OCH3 is 1. The van der Waals surface area contributed by atoms with E-state index in [1.54, 1.807) is 13.2 Å². The van der Waals surface area contributed by atoms with E-state index in [-0.39, 0.29) is 30.5 Å². The van der Waals surface area contributed by atoms with Crippen LogP contribution >= 0.6 is 0 Å². The highest BCUT2D eigenvalue weighted by Crippen LogP contribution is 2.42. The second-order valence-corrected chi connectivity index (χ2v) is 16.7. The van der Waals surface area contributed by atoms with Crippen LogP contribution in [0, 0.1) is 11.8 Å². The largest absolute Gasteiger partial charge is 0.480 e. The fourth-order valence-corrected chi connectivity index (χ4v) is 4.99. The van der Waals surface area contributed by atoms with Gasteiger partial charge in [-0.15, -0.1) is 0 Å². The molecule has 0 radical (unpaired) electrons. The van der Waals surface area contributed by atoms with E-state index in [9.17, 15) is 9.90 Å². The lowest BCUT2D eigenvalue weighted by Gasteiger charge is -2.15. The van der Waals surface area contributed by atoms with Crippen molar-refractivity contribution in [2.45, 2.75) is 57.8 Å².